The third kappa shape index (κ3) is 2.88. The molecule has 1 fully saturated rings. The number of aliphatic hydroxyl groups excluding tert-OH is 1. The maximum Gasteiger partial charge on any atom is 0.222 e. The Kier molecular flexibility index (Phi) is 4.21. The Morgan fingerprint density at radius 3 is 3.05 bits per heavy atom. The van der Waals surface area contributed by atoms with E-state index in [1.54, 1.807) is 0 Å². The zero-order valence-electron chi connectivity index (χ0n) is 13.3. The number of piperidine rings is 1. The van der Waals surface area contributed by atoms with Crippen molar-refractivity contribution in [3.8, 4) is 0 Å². The van der Waals surface area contributed by atoms with Gasteiger partial charge >= 0.3 is 0 Å². The fourth-order valence-electron chi connectivity index (χ4n) is 3.25. The lowest BCUT2D eigenvalue weighted by Gasteiger charge is -2.34. The molecule has 118 valence electrons. The van der Waals surface area contributed by atoms with E-state index in [9.17, 15) is 9.90 Å². The number of carbonyl (C=O) groups excluding carboxylic acids is 1. The number of H-pyrrole nitrogens is 1. The zero-order valence-corrected chi connectivity index (χ0v) is 13.3. The molecule has 1 aromatic carbocycles. The van der Waals surface area contributed by atoms with Crippen molar-refractivity contribution in [2.45, 2.75) is 39.2 Å². The van der Waals surface area contributed by atoms with Gasteiger partial charge < -0.3 is 15.0 Å². The number of likely N-dealkylation sites (tertiary alicyclic amines) is 1. The molecular weight excluding hydrogens is 276 g/mol. The van der Waals surface area contributed by atoms with Crippen LogP contribution in [0.2, 0.25) is 0 Å². The number of amides is 1. The average molecular weight is 300 g/mol. The Labute approximate surface area is 131 Å². The van der Waals surface area contributed by atoms with Crippen LogP contribution in [0.15, 0.2) is 24.4 Å². The summed E-state index contributed by atoms with van der Waals surface area (Å²) in [5, 5.41) is 11.1. The minimum absolute atomic E-state index is 0.146. The van der Waals surface area contributed by atoms with Crippen molar-refractivity contribution in [3.05, 3.63) is 35.5 Å². The highest BCUT2D eigenvalue weighted by Gasteiger charge is 2.26. The molecule has 0 aliphatic carbocycles. The van der Waals surface area contributed by atoms with Crippen LogP contribution < -0.4 is 0 Å². The van der Waals surface area contributed by atoms with Gasteiger partial charge in [-0.25, -0.2) is 0 Å². The number of aliphatic hydroxyl groups is 1. The molecule has 2 atom stereocenters. The third-order valence-corrected chi connectivity index (χ3v) is 4.89. The number of aromatic nitrogens is 1. The topological polar surface area (TPSA) is 56.3 Å². The smallest absolute Gasteiger partial charge is 0.222 e. The number of carbonyl (C=O) groups is 1. The molecular formula is C18H24N2O2. The molecule has 0 spiro atoms. The van der Waals surface area contributed by atoms with Crippen LogP contribution in [0.1, 0.15) is 30.9 Å². The SMILES string of the molecule is Cc1cccc2c(CCC(=O)N3CCC(C)C(O)C3)c[nH]c12. The fourth-order valence-corrected chi connectivity index (χ4v) is 3.25. The van der Waals surface area contributed by atoms with Crippen molar-refractivity contribution in [3.63, 3.8) is 0 Å². The van der Waals surface area contributed by atoms with Crippen LogP contribution in [-0.4, -0.2) is 40.1 Å². The number of nitrogens with one attached hydrogen (secondary N) is 1. The van der Waals surface area contributed by atoms with Gasteiger partial charge in [-0.1, -0.05) is 25.1 Å². The van der Waals surface area contributed by atoms with Gasteiger partial charge in [0.25, 0.3) is 0 Å². The molecule has 1 aliphatic heterocycles. The lowest BCUT2D eigenvalue weighted by atomic mass is 9.95. The molecule has 4 nitrogen and oxygen atoms in total. The predicted molar refractivity (Wildman–Crippen MR) is 87.7 cm³/mol. The first kappa shape index (κ1) is 15.1. The van der Waals surface area contributed by atoms with Gasteiger partial charge in [-0.05, 0) is 36.8 Å². The summed E-state index contributed by atoms with van der Waals surface area (Å²) in [5.41, 5.74) is 3.58. The van der Waals surface area contributed by atoms with Crippen molar-refractivity contribution in [1.29, 1.82) is 0 Å². The molecule has 2 N–H and O–H groups in total. The Hall–Kier alpha value is -1.81. The van der Waals surface area contributed by atoms with Crippen LogP contribution >= 0.6 is 0 Å². The summed E-state index contributed by atoms with van der Waals surface area (Å²) < 4.78 is 0. The van der Waals surface area contributed by atoms with E-state index >= 15 is 0 Å². The van der Waals surface area contributed by atoms with Crippen molar-refractivity contribution in [1.82, 2.24) is 9.88 Å². The summed E-state index contributed by atoms with van der Waals surface area (Å²) in [6, 6.07) is 6.24. The molecule has 1 saturated heterocycles. The molecule has 22 heavy (non-hydrogen) atoms. The van der Waals surface area contributed by atoms with E-state index in [1.165, 1.54) is 16.5 Å². The second-order valence-corrected chi connectivity index (χ2v) is 6.48. The van der Waals surface area contributed by atoms with Gasteiger partial charge in [0.1, 0.15) is 0 Å². The van der Waals surface area contributed by atoms with Gasteiger partial charge in [-0.3, -0.25) is 4.79 Å². The number of aryl methyl sites for hydroxylation is 2. The molecule has 0 radical (unpaired) electrons. The van der Waals surface area contributed by atoms with Crippen LogP contribution in [0.4, 0.5) is 0 Å². The lowest BCUT2D eigenvalue weighted by molar-refractivity contribution is -0.135. The minimum Gasteiger partial charge on any atom is -0.391 e. The maximum absolute atomic E-state index is 12.4. The largest absolute Gasteiger partial charge is 0.391 e. The van der Waals surface area contributed by atoms with Crippen LogP contribution in [-0.2, 0) is 11.2 Å². The van der Waals surface area contributed by atoms with E-state index in [2.05, 4.69) is 30.1 Å². The predicted octanol–water partition coefficient (Wildman–Crippen LogP) is 2.64. The van der Waals surface area contributed by atoms with Gasteiger partial charge in [0.15, 0.2) is 0 Å². The van der Waals surface area contributed by atoms with E-state index in [-0.39, 0.29) is 12.0 Å². The quantitative estimate of drug-likeness (QED) is 0.915. The lowest BCUT2D eigenvalue weighted by Crippen LogP contribution is -2.45. The average Bonchev–Trinajstić information content (AvgIpc) is 2.92. The van der Waals surface area contributed by atoms with E-state index in [0.29, 0.717) is 18.9 Å². The van der Waals surface area contributed by atoms with Crippen LogP contribution in [0, 0.1) is 12.8 Å². The van der Waals surface area contributed by atoms with E-state index in [1.807, 2.05) is 18.0 Å². The first-order valence-corrected chi connectivity index (χ1v) is 8.07. The normalized spacial score (nSPS) is 22.2. The summed E-state index contributed by atoms with van der Waals surface area (Å²) in [4.78, 5) is 17.5. The molecule has 2 aromatic rings. The number of hydrogen-bond donors (Lipinski definition) is 2. The monoisotopic (exact) mass is 300 g/mol. The van der Waals surface area contributed by atoms with Crippen molar-refractivity contribution >= 4 is 16.8 Å². The van der Waals surface area contributed by atoms with Gasteiger partial charge in [0.2, 0.25) is 5.91 Å². The molecule has 0 saturated carbocycles. The van der Waals surface area contributed by atoms with Gasteiger partial charge in [0.05, 0.1) is 6.10 Å². The minimum atomic E-state index is -0.381. The Balaban J connectivity index is 1.64. The number of benzene rings is 1. The number of nitrogens with zero attached hydrogens (tertiary/aromatic N) is 1. The first-order valence-electron chi connectivity index (χ1n) is 8.07. The highest BCUT2D eigenvalue weighted by atomic mass is 16.3. The molecule has 3 rings (SSSR count). The third-order valence-electron chi connectivity index (χ3n) is 4.89. The summed E-state index contributed by atoms with van der Waals surface area (Å²) >= 11 is 0. The van der Waals surface area contributed by atoms with Crippen LogP contribution in [0.3, 0.4) is 0 Å². The number of para-hydroxylation sites is 1. The Bertz CT molecular complexity index is 677. The zero-order chi connectivity index (χ0) is 15.7. The van der Waals surface area contributed by atoms with E-state index in [4.69, 9.17) is 0 Å². The van der Waals surface area contributed by atoms with Crippen molar-refractivity contribution < 1.29 is 9.90 Å². The van der Waals surface area contributed by atoms with Gasteiger partial charge in [-0.2, -0.15) is 0 Å². The molecule has 1 aliphatic rings. The second kappa shape index (κ2) is 6.13. The van der Waals surface area contributed by atoms with Crippen LogP contribution in [0.25, 0.3) is 10.9 Å². The highest BCUT2D eigenvalue weighted by Crippen LogP contribution is 2.23. The molecule has 4 heteroatoms. The standard InChI is InChI=1S/C18H24N2O2/c1-12-8-9-20(11-16(12)21)17(22)7-6-14-10-19-18-13(2)4-3-5-15(14)18/h3-5,10,12,16,19,21H,6-9,11H2,1-2H3. The van der Waals surface area contributed by atoms with Crippen molar-refractivity contribution in [2.75, 3.05) is 13.1 Å². The van der Waals surface area contributed by atoms with E-state index in [0.717, 1.165) is 24.9 Å². The molecule has 0 bridgehead atoms. The number of fused-ring (bicyclic) bond motifs is 1. The fraction of sp³-hybridized carbons (Fsp3) is 0.500. The first-order chi connectivity index (χ1) is 10.6. The number of hydrogen-bond acceptors (Lipinski definition) is 2. The van der Waals surface area contributed by atoms with Gasteiger partial charge in [-0.15, -0.1) is 0 Å². The van der Waals surface area contributed by atoms with Crippen LogP contribution in [0.5, 0.6) is 0 Å². The van der Waals surface area contributed by atoms with Gasteiger partial charge in [0, 0.05) is 36.6 Å². The summed E-state index contributed by atoms with van der Waals surface area (Å²) in [7, 11) is 0. The molecule has 2 heterocycles. The van der Waals surface area contributed by atoms with E-state index < -0.39 is 0 Å². The molecule has 1 aromatic heterocycles. The molecule has 2 unspecified atom stereocenters. The number of rotatable bonds is 3. The Morgan fingerprint density at radius 2 is 2.27 bits per heavy atom. The highest BCUT2D eigenvalue weighted by molar-refractivity contribution is 5.86. The molecule has 1 amide bonds. The maximum atomic E-state index is 12.4. The summed E-state index contributed by atoms with van der Waals surface area (Å²) in [6.45, 7) is 5.38. The Morgan fingerprint density at radius 1 is 1.45 bits per heavy atom. The second-order valence-electron chi connectivity index (χ2n) is 6.48. The number of aromatic amines is 1. The summed E-state index contributed by atoms with van der Waals surface area (Å²) in [5.74, 6) is 0.439. The summed E-state index contributed by atoms with van der Waals surface area (Å²) in [6.07, 6.45) is 3.76. The number of β-amino-alcohol motifs (C(OH)–C–C–N with tert-alkyl or cyclic N) is 1. The van der Waals surface area contributed by atoms with Crippen molar-refractivity contribution in [2.24, 2.45) is 5.92 Å².